The summed E-state index contributed by atoms with van der Waals surface area (Å²) in [5.41, 5.74) is 0.903. The third-order valence-corrected chi connectivity index (χ3v) is 4.03. The zero-order chi connectivity index (χ0) is 17.1. The highest BCUT2D eigenvalue weighted by molar-refractivity contribution is 5.42. The molecule has 24 heavy (non-hydrogen) atoms. The first-order valence-electron chi connectivity index (χ1n) is 7.82. The predicted octanol–water partition coefficient (Wildman–Crippen LogP) is 3.93. The van der Waals surface area contributed by atoms with Crippen molar-refractivity contribution in [3.63, 3.8) is 0 Å². The summed E-state index contributed by atoms with van der Waals surface area (Å²) in [4.78, 5) is 6.13. The minimum Gasteiger partial charge on any atom is -0.437 e. The fourth-order valence-electron chi connectivity index (χ4n) is 2.76. The van der Waals surface area contributed by atoms with Crippen LogP contribution in [0, 0.1) is 29.9 Å². The quantitative estimate of drug-likeness (QED) is 0.853. The van der Waals surface area contributed by atoms with E-state index in [2.05, 4.69) is 4.98 Å². The van der Waals surface area contributed by atoms with Gasteiger partial charge in [-0.1, -0.05) is 0 Å². The molecule has 0 spiro atoms. The second kappa shape index (κ2) is 6.93. The van der Waals surface area contributed by atoms with Crippen LogP contribution in [-0.2, 0) is 6.54 Å². The Kier molecular flexibility index (Phi) is 4.72. The SMILES string of the molecule is Cc1ccc(C#N)c(Oc2cc(F)c(CN3CCCC3)c(F)c2)n1. The maximum atomic E-state index is 14.3. The molecule has 0 aliphatic carbocycles. The number of ether oxygens (including phenoxy) is 1. The number of rotatable bonds is 4. The molecule has 1 aliphatic heterocycles. The molecule has 0 unspecified atom stereocenters. The molecule has 2 aromatic rings. The van der Waals surface area contributed by atoms with Crippen molar-refractivity contribution in [3.8, 4) is 17.7 Å². The number of aryl methyl sites for hydroxylation is 1. The molecule has 0 amide bonds. The first-order chi connectivity index (χ1) is 11.6. The number of pyridine rings is 1. The molecule has 1 saturated heterocycles. The Morgan fingerprint density at radius 1 is 1.21 bits per heavy atom. The Hall–Kier alpha value is -2.52. The van der Waals surface area contributed by atoms with E-state index in [0.29, 0.717) is 5.69 Å². The molecular formula is C18H17F2N3O. The van der Waals surface area contributed by atoms with Gasteiger partial charge in [-0.25, -0.2) is 13.8 Å². The summed E-state index contributed by atoms with van der Waals surface area (Å²) in [6.07, 6.45) is 2.11. The first kappa shape index (κ1) is 16.3. The third-order valence-electron chi connectivity index (χ3n) is 4.03. The van der Waals surface area contributed by atoms with Gasteiger partial charge in [0.05, 0.1) is 0 Å². The van der Waals surface area contributed by atoms with E-state index < -0.39 is 11.6 Å². The van der Waals surface area contributed by atoms with Crippen LogP contribution in [0.2, 0.25) is 0 Å². The number of aromatic nitrogens is 1. The number of nitrogens with zero attached hydrogens (tertiary/aromatic N) is 3. The van der Waals surface area contributed by atoms with E-state index in [1.807, 2.05) is 11.0 Å². The van der Waals surface area contributed by atoms with E-state index in [0.717, 1.165) is 38.1 Å². The fourth-order valence-corrected chi connectivity index (χ4v) is 2.76. The molecule has 2 heterocycles. The van der Waals surface area contributed by atoms with Crippen molar-refractivity contribution in [2.75, 3.05) is 13.1 Å². The van der Waals surface area contributed by atoms with E-state index in [9.17, 15) is 8.78 Å². The summed E-state index contributed by atoms with van der Waals surface area (Å²) in [6.45, 7) is 3.71. The van der Waals surface area contributed by atoms with Gasteiger partial charge in [-0.3, -0.25) is 4.90 Å². The van der Waals surface area contributed by atoms with Crippen molar-refractivity contribution >= 4 is 0 Å². The topological polar surface area (TPSA) is 49.1 Å². The van der Waals surface area contributed by atoms with Crippen LogP contribution >= 0.6 is 0 Å². The van der Waals surface area contributed by atoms with E-state index >= 15 is 0 Å². The molecule has 0 bridgehead atoms. The first-order valence-corrected chi connectivity index (χ1v) is 7.82. The third kappa shape index (κ3) is 3.52. The molecule has 1 aromatic heterocycles. The molecule has 6 heteroatoms. The Labute approximate surface area is 139 Å². The predicted molar refractivity (Wildman–Crippen MR) is 84.6 cm³/mol. The fraction of sp³-hybridized carbons (Fsp3) is 0.333. The highest BCUT2D eigenvalue weighted by Gasteiger charge is 2.19. The summed E-state index contributed by atoms with van der Waals surface area (Å²) in [6, 6.07) is 7.46. The molecule has 0 radical (unpaired) electrons. The van der Waals surface area contributed by atoms with Gasteiger partial charge in [-0.15, -0.1) is 0 Å². The Morgan fingerprint density at radius 2 is 1.88 bits per heavy atom. The number of nitriles is 1. The lowest BCUT2D eigenvalue weighted by molar-refractivity contribution is 0.317. The van der Waals surface area contributed by atoms with Gasteiger partial charge >= 0.3 is 0 Å². The van der Waals surface area contributed by atoms with Gasteiger partial charge in [0.25, 0.3) is 0 Å². The minimum absolute atomic E-state index is 0.00947. The van der Waals surface area contributed by atoms with Crippen molar-refractivity contribution in [3.05, 3.63) is 52.7 Å². The van der Waals surface area contributed by atoms with Gasteiger partial charge in [-0.2, -0.15) is 5.26 Å². The normalized spacial score (nSPS) is 14.6. The van der Waals surface area contributed by atoms with Crippen LogP contribution in [0.1, 0.15) is 29.7 Å². The lowest BCUT2D eigenvalue weighted by Crippen LogP contribution is -2.20. The summed E-state index contributed by atoms with van der Waals surface area (Å²) >= 11 is 0. The molecule has 1 aromatic carbocycles. The van der Waals surface area contributed by atoms with Crippen molar-refractivity contribution in [2.24, 2.45) is 0 Å². The smallest absolute Gasteiger partial charge is 0.237 e. The second-order valence-electron chi connectivity index (χ2n) is 5.87. The van der Waals surface area contributed by atoms with Crippen molar-refractivity contribution < 1.29 is 13.5 Å². The highest BCUT2D eigenvalue weighted by Crippen LogP contribution is 2.28. The van der Waals surface area contributed by atoms with Crippen LogP contribution in [-0.4, -0.2) is 23.0 Å². The highest BCUT2D eigenvalue weighted by atomic mass is 19.1. The van der Waals surface area contributed by atoms with E-state index in [1.165, 1.54) is 0 Å². The van der Waals surface area contributed by atoms with Crippen LogP contribution in [0.5, 0.6) is 11.6 Å². The van der Waals surface area contributed by atoms with Crippen LogP contribution in [0.3, 0.4) is 0 Å². The van der Waals surface area contributed by atoms with Gasteiger partial charge < -0.3 is 4.74 Å². The number of likely N-dealkylation sites (tertiary alicyclic amines) is 1. The molecule has 4 nitrogen and oxygen atoms in total. The van der Waals surface area contributed by atoms with Crippen molar-refractivity contribution in [1.29, 1.82) is 5.26 Å². The molecule has 3 rings (SSSR count). The molecule has 0 N–H and O–H groups in total. The summed E-state index contributed by atoms with van der Waals surface area (Å²) < 4.78 is 34.0. The zero-order valence-corrected chi connectivity index (χ0v) is 13.4. The van der Waals surface area contributed by atoms with Crippen LogP contribution in [0.4, 0.5) is 8.78 Å². The average Bonchev–Trinajstić information content (AvgIpc) is 3.04. The lowest BCUT2D eigenvalue weighted by Gasteiger charge is -2.16. The molecule has 0 saturated carbocycles. The monoisotopic (exact) mass is 329 g/mol. The van der Waals surface area contributed by atoms with E-state index in [1.54, 1.807) is 19.1 Å². The molecule has 124 valence electrons. The lowest BCUT2D eigenvalue weighted by atomic mass is 10.1. The van der Waals surface area contributed by atoms with E-state index in [4.69, 9.17) is 10.00 Å². The van der Waals surface area contributed by atoms with Gasteiger partial charge in [0.2, 0.25) is 5.88 Å². The maximum Gasteiger partial charge on any atom is 0.237 e. The van der Waals surface area contributed by atoms with Crippen LogP contribution in [0.25, 0.3) is 0 Å². The number of halogens is 2. The number of hydrogen-bond acceptors (Lipinski definition) is 4. The van der Waals surface area contributed by atoms with Crippen LogP contribution < -0.4 is 4.74 Å². The zero-order valence-electron chi connectivity index (χ0n) is 13.4. The molecule has 0 atom stereocenters. The van der Waals surface area contributed by atoms with E-state index in [-0.39, 0.29) is 29.3 Å². The Morgan fingerprint density at radius 3 is 2.50 bits per heavy atom. The summed E-state index contributed by atoms with van der Waals surface area (Å²) in [5.74, 6) is -1.26. The molecular weight excluding hydrogens is 312 g/mol. The van der Waals surface area contributed by atoms with Crippen LogP contribution in [0.15, 0.2) is 24.3 Å². The second-order valence-corrected chi connectivity index (χ2v) is 5.87. The van der Waals surface area contributed by atoms with Gasteiger partial charge in [0.1, 0.15) is 29.0 Å². The largest absolute Gasteiger partial charge is 0.437 e. The maximum absolute atomic E-state index is 14.3. The standard InChI is InChI=1S/C18H17F2N3O/c1-12-4-5-13(10-21)18(22-12)24-14-8-16(19)15(17(20)9-14)11-23-6-2-3-7-23/h4-5,8-9H,2-3,6-7,11H2,1H3. The number of hydrogen-bond donors (Lipinski definition) is 0. The Bertz CT molecular complexity index is 772. The van der Waals surface area contributed by atoms with Gasteiger partial charge in [0.15, 0.2) is 0 Å². The summed E-state index contributed by atoms with van der Waals surface area (Å²) in [7, 11) is 0. The van der Waals surface area contributed by atoms with Crippen molar-refractivity contribution in [1.82, 2.24) is 9.88 Å². The summed E-state index contributed by atoms with van der Waals surface area (Å²) in [5, 5.41) is 9.08. The number of benzene rings is 1. The van der Waals surface area contributed by atoms with Gasteiger partial charge in [0, 0.05) is 29.9 Å². The van der Waals surface area contributed by atoms with Crippen molar-refractivity contribution in [2.45, 2.75) is 26.3 Å². The average molecular weight is 329 g/mol. The van der Waals surface area contributed by atoms with Gasteiger partial charge in [-0.05, 0) is 45.0 Å². The molecule has 1 aliphatic rings. The Balaban J connectivity index is 1.85. The minimum atomic E-state index is -0.650. The molecule has 1 fully saturated rings.